The molecule has 5 heteroatoms. The summed E-state index contributed by atoms with van der Waals surface area (Å²) >= 11 is 0. The van der Waals surface area contributed by atoms with E-state index < -0.39 is 6.09 Å². The standard InChI is InChI=1S/C13H15N3O2/c1-3-18-13(17)15-16-9-12(14-10(16)2)11-7-5-4-6-8-11/h4-9H,3H2,1-2H3,(H,15,17). The largest absolute Gasteiger partial charge is 0.449 e. The van der Waals surface area contributed by atoms with Crippen molar-refractivity contribution >= 4 is 6.09 Å². The second-order valence-electron chi connectivity index (χ2n) is 3.74. The first-order chi connectivity index (χ1) is 8.70. The van der Waals surface area contributed by atoms with E-state index in [9.17, 15) is 4.79 Å². The van der Waals surface area contributed by atoms with E-state index in [0.29, 0.717) is 12.4 Å². The predicted molar refractivity (Wildman–Crippen MR) is 68.8 cm³/mol. The van der Waals surface area contributed by atoms with Crippen LogP contribution in [0.15, 0.2) is 36.5 Å². The number of carbonyl (C=O) groups is 1. The highest BCUT2D eigenvalue weighted by Gasteiger charge is 2.08. The number of hydrogen-bond donors (Lipinski definition) is 1. The summed E-state index contributed by atoms with van der Waals surface area (Å²) in [6.07, 6.45) is 1.28. The van der Waals surface area contributed by atoms with Crippen LogP contribution in [0.1, 0.15) is 12.7 Å². The van der Waals surface area contributed by atoms with Gasteiger partial charge in [-0.1, -0.05) is 30.3 Å². The van der Waals surface area contributed by atoms with Crippen LogP contribution in [0.4, 0.5) is 4.79 Å². The van der Waals surface area contributed by atoms with E-state index in [1.807, 2.05) is 37.3 Å². The summed E-state index contributed by atoms with van der Waals surface area (Å²) in [4.78, 5) is 15.7. The minimum atomic E-state index is -0.488. The van der Waals surface area contributed by atoms with Gasteiger partial charge in [0.05, 0.1) is 18.5 Å². The van der Waals surface area contributed by atoms with Crippen LogP contribution in [0.5, 0.6) is 0 Å². The molecule has 0 bridgehead atoms. The van der Waals surface area contributed by atoms with Gasteiger partial charge in [-0.25, -0.2) is 19.9 Å². The minimum Gasteiger partial charge on any atom is -0.449 e. The number of hydrogen-bond acceptors (Lipinski definition) is 3. The zero-order chi connectivity index (χ0) is 13.0. The zero-order valence-corrected chi connectivity index (χ0v) is 10.4. The summed E-state index contributed by atoms with van der Waals surface area (Å²) in [6, 6.07) is 9.78. The van der Waals surface area contributed by atoms with Crippen LogP contribution in [0, 0.1) is 6.92 Å². The van der Waals surface area contributed by atoms with Gasteiger partial charge < -0.3 is 4.74 Å². The summed E-state index contributed by atoms with van der Waals surface area (Å²) in [6.45, 7) is 3.92. The first kappa shape index (κ1) is 12.2. The molecule has 94 valence electrons. The Kier molecular flexibility index (Phi) is 3.62. The molecule has 2 aromatic rings. The number of ether oxygens (including phenoxy) is 1. The molecule has 0 unspecified atom stereocenters. The summed E-state index contributed by atoms with van der Waals surface area (Å²) in [5, 5.41) is 0. The van der Waals surface area contributed by atoms with Gasteiger partial charge in [0.1, 0.15) is 5.82 Å². The maximum Gasteiger partial charge on any atom is 0.426 e. The summed E-state index contributed by atoms with van der Waals surface area (Å²) in [5.41, 5.74) is 4.41. The van der Waals surface area contributed by atoms with Crippen molar-refractivity contribution < 1.29 is 9.53 Å². The Bertz CT molecular complexity index is 534. The molecule has 2 rings (SSSR count). The Morgan fingerprint density at radius 1 is 1.39 bits per heavy atom. The molecule has 0 spiro atoms. The third-order valence-electron chi connectivity index (χ3n) is 2.44. The highest BCUT2D eigenvalue weighted by atomic mass is 16.5. The first-order valence-electron chi connectivity index (χ1n) is 5.76. The zero-order valence-electron chi connectivity index (χ0n) is 10.4. The van der Waals surface area contributed by atoms with E-state index in [-0.39, 0.29) is 0 Å². The number of amides is 1. The molecule has 5 nitrogen and oxygen atoms in total. The van der Waals surface area contributed by atoms with Gasteiger partial charge in [0, 0.05) is 5.56 Å². The second-order valence-corrected chi connectivity index (χ2v) is 3.74. The van der Waals surface area contributed by atoms with Crippen LogP contribution >= 0.6 is 0 Å². The Hall–Kier alpha value is -2.30. The average molecular weight is 245 g/mol. The minimum absolute atomic E-state index is 0.338. The number of aryl methyl sites for hydroxylation is 1. The molecule has 18 heavy (non-hydrogen) atoms. The topological polar surface area (TPSA) is 56.1 Å². The molecule has 1 aromatic heterocycles. The van der Waals surface area contributed by atoms with E-state index in [1.54, 1.807) is 17.8 Å². The van der Waals surface area contributed by atoms with E-state index in [2.05, 4.69) is 10.4 Å². The number of benzene rings is 1. The second kappa shape index (κ2) is 5.35. The van der Waals surface area contributed by atoms with Gasteiger partial charge >= 0.3 is 6.09 Å². The van der Waals surface area contributed by atoms with Crippen LogP contribution in [-0.4, -0.2) is 22.4 Å². The van der Waals surface area contributed by atoms with E-state index in [4.69, 9.17) is 4.74 Å². The third kappa shape index (κ3) is 2.68. The van der Waals surface area contributed by atoms with Crippen molar-refractivity contribution in [1.82, 2.24) is 9.66 Å². The van der Waals surface area contributed by atoms with Crippen molar-refractivity contribution in [1.29, 1.82) is 0 Å². The molecular formula is C13H15N3O2. The smallest absolute Gasteiger partial charge is 0.426 e. The van der Waals surface area contributed by atoms with Crippen LogP contribution < -0.4 is 5.43 Å². The lowest BCUT2D eigenvalue weighted by Gasteiger charge is -2.06. The number of aromatic nitrogens is 2. The Morgan fingerprint density at radius 3 is 2.78 bits per heavy atom. The van der Waals surface area contributed by atoms with Gasteiger partial charge in [-0.3, -0.25) is 0 Å². The molecule has 0 radical (unpaired) electrons. The summed E-state index contributed by atoms with van der Waals surface area (Å²) in [7, 11) is 0. The summed E-state index contributed by atoms with van der Waals surface area (Å²) < 4.78 is 6.37. The molecule has 0 saturated carbocycles. The van der Waals surface area contributed by atoms with Crippen LogP contribution in [0.2, 0.25) is 0 Å². The quantitative estimate of drug-likeness (QED) is 0.904. The fraction of sp³-hybridized carbons (Fsp3) is 0.231. The molecule has 1 amide bonds. The molecule has 1 heterocycles. The van der Waals surface area contributed by atoms with Gasteiger partial charge in [-0.15, -0.1) is 0 Å². The lowest BCUT2D eigenvalue weighted by Crippen LogP contribution is -2.23. The number of imidazole rings is 1. The van der Waals surface area contributed by atoms with Crippen molar-refractivity contribution in [2.24, 2.45) is 0 Å². The number of nitrogens with one attached hydrogen (secondary N) is 1. The highest BCUT2D eigenvalue weighted by molar-refractivity contribution is 5.76. The van der Waals surface area contributed by atoms with Gasteiger partial charge in [-0.05, 0) is 13.8 Å². The van der Waals surface area contributed by atoms with Gasteiger partial charge in [-0.2, -0.15) is 0 Å². The highest BCUT2D eigenvalue weighted by Crippen LogP contribution is 2.17. The molecule has 0 aliphatic rings. The fourth-order valence-electron chi connectivity index (χ4n) is 1.60. The normalized spacial score (nSPS) is 10.1. The maximum absolute atomic E-state index is 11.3. The van der Waals surface area contributed by atoms with Gasteiger partial charge in [0.15, 0.2) is 0 Å². The van der Waals surface area contributed by atoms with Crippen LogP contribution in [-0.2, 0) is 4.74 Å². The molecule has 0 aliphatic heterocycles. The average Bonchev–Trinajstić information content (AvgIpc) is 2.72. The predicted octanol–water partition coefficient (Wildman–Crippen LogP) is 2.56. The van der Waals surface area contributed by atoms with Crippen LogP contribution in [0.25, 0.3) is 11.3 Å². The monoisotopic (exact) mass is 245 g/mol. The van der Waals surface area contributed by atoms with Crippen molar-refractivity contribution in [2.75, 3.05) is 12.0 Å². The Morgan fingerprint density at radius 2 is 2.11 bits per heavy atom. The maximum atomic E-state index is 11.3. The Labute approximate surface area is 105 Å². The Balaban J connectivity index is 2.20. The summed E-state index contributed by atoms with van der Waals surface area (Å²) in [5.74, 6) is 0.696. The van der Waals surface area contributed by atoms with Crippen molar-refractivity contribution in [2.45, 2.75) is 13.8 Å². The lowest BCUT2D eigenvalue weighted by atomic mass is 10.2. The van der Waals surface area contributed by atoms with E-state index >= 15 is 0 Å². The fourth-order valence-corrected chi connectivity index (χ4v) is 1.60. The van der Waals surface area contributed by atoms with Crippen molar-refractivity contribution in [3.8, 4) is 11.3 Å². The number of carbonyl (C=O) groups excluding carboxylic acids is 1. The van der Waals surface area contributed by atoms with Crippen LogP contribution in [0.3, 0.4) is 0 Å². The SMILES string of the molecule is CCOC(=O)Nn1cc(-c2ccccc2)nc1C. The first-order valence-corrected chi connectivity index (χ1v) is 5.76. The molecule has 1 N–H and O–H groups in total. The lowest BCUT2D eigenvalue weighted by molar-refractivity contribution is 0.164. The molecule has 0 aliphatic carbocycles. The van der Waals surface area contributed by atoms with Crippen molar-refractivity contribution in [3.63, 3.8) is 0 Å². The molecule has 0 atom stereocenters. The molecule has 0 saturated heterocycles. The number of rotatable bonds is 3. The van der Waals surface area contributed by atoms with Crippen molar-refractivity contribution in [3.05, 3.63) is 42.4 Å². The molecule has 0 fully saturated rings. The molecular weight excluding hydrogens is 230 g/mol. The van der Waals surface area contributed by atoms with Gasteiger partial charge in [0.2, 0.25) is 0 Å². The van der Waals surface area contributed by atoms with E-state index in [1.165, 1.54) is 0 Å². The van der Waals surface area contributed by atoms with Gasteiger partial charge in [0.25, 0.3) is 0 Å². The van der Waals surface area contributed by atoms with E-state index in [0.717, 1.165) is 11.3 Å². The number of nitrogens with zero attached hydrogens (tertiary/aromatic N) is 2. The molecule has 1 aromatic carbocycles. The third-order valence-corrected chi connectivity index (χ3v) is 2.44.